The van der Waals surface area contributed by atoms with Crippen molar-refractivity contribution in [3.8, 4) is 0 Å². The molecule has 5 nitrogen and oxygen atoms in total. The van der Waals surface area contributed by atoms with Gasteiger partial charge in [0, 0.05) is 36.4 Å². The molecule has 0 aliphatic carbocycles. The number of furan rings is 1. The van der Waals surface area contributed by atoms with E-state index in [0.29, 0.717) is 24.4 Å². The first kappa shape index (κ1) is 17.0. The molecular weight excluding hydrogens is 326 g/mol. The molecule has 0 radical (unpaired) electrons. The number of hydrogen-bond acceptors (Lipinski definition) is 4. The van der Waals surface area contributed by atoms with E-state index in [9.17, 15) is 4.79 Å². The molecule has 1 aromatic carbocycles. The van der Waals surface area contributed by atoms with Crippen LogP contribution < -0.4 is 16.2 Å². The second-order valence-corrected chi connectivity index (χ2v) is 6.59. The van der Waals surface area contributed by atoms with Gasteiger partial charge in [-0.25, -0.2) is 5.43 Å². The molecule has 1 amide bonds. The van der Waals surface area contributed by atoms with Crippen LogP contribution in [-0.4, -0.2) is 18.5 Å². The second kappa shape index (κ2) is 7.83. The minimum absolute atomic E-state index is 0.0582. The summed E-state index contributed by atoms with van der Waals surface area (Å²) >= 11 is 5.96. The number of hydrogen-bond donors (Lipinski definition) is 3. The molecule has 1 aromatic heterocycles. The zero-order valence-corrected chi connectivity index (χ0v) is 14.3. The topological polar surface area (TPSA) is 66.3 Å². The van der Waals surface area contributed by atoms with Crippen LogP contribution >= 0.6 is 11.6 Å². The SMILES string of the molecule is CC1NNC(c2ccc(Cl)cc2)C1CC(=O)NCCc1ccco1. The maximum Gasteiger partial charge on any atom is 0.220 e. The minimum atomic E-state index is 0.0582. The largest absolute Gasteiger partial charge is 0.469 e. The molecule has 6 heteroatoms. The van der Waals surface area contributed by atoms with Crippen LogP contribution in [0, 0.1) is 5.92 Å². The lowest BCUT2D eigenvalue weighted by atomic mass is 9.87. The number of amides is 1. The van der Waals surface area contributed by atoms with Gasteiger partial charge in [0.2, 0.25) is 5.91 Å². The maximum absolute atomic E-state index is 12.3. The summed E-state index contributed by atoms with van der Waals surface area (Å²) in [6, 6.07) is 11.8. The molecule has 1 saturated heterocycles. The Hall–Kier alpha value is -1.82. The molecule has 3 unspecified atom stereocenters. The third kappa shape index (κ3) is 4.17. The smallest absolute Gasteiger partial charge is 0.220 e. The fraction of sp³-hybridized carbons (Fsp3) is 0.389. The minimum Gasteiger partial charge on any atom is -0.469 e. The monoisotopic (exact) mass is 347 g/mol. The summed E-state index contributed by atoms with van der Waals surface area (Å²) in [6.07, 6.45) is 2.81. The van der Waals surface area contributed by atoms with Gasteiger partial charge < -0.3 is 9.73 Å². The Bertz CT molecular complexity index is 657. The van der Waals surface area contributed by atoms with E-state index in [-0.39, 0.29) is 23.9 Å². The van der Waals surface area contributed by atoms with Crippen molar-refractivity contribution in [3.05, 3.63) is 59.0 Å². The second-order valence-electron chi connectivity index (χ2n) is 6.15. The van der Waals surface area contributed by atoms with Gasteiger partial charge in [0.15, 0.2) is 0 Å². The number of rotatable bonds is 6. The normalized spacial score (nSPS) is 23.3. The van der Waals surface area contributed by atoms with E-state index < -0.39 is 0 Å². The number of halogens is 1. The van der Waals surface area contributed by atoms with Gasteiger partial charge >= 0.3 is 0 Å². The molecule has 3 atom stereocenters. The molecule has 1 fully saturated rings. The van der Waals surface area contributed by atoms with Crippen molar-refractivity contribution in [1.82, 2.24) is 16.2 Å². The average molecular weight is 348 g/mol. The standard InChI is InChI=1S/C18H22ClN3O2/c1-12-16(11-17(23)20-9-8-15-3-2-10-24-15)18(22-21-12)13-4-6-14(19)7-5-13/h2-7,10,12,16,18,21-22H,8-9,11H2,1H3,(H,20,23). The van der Waals surface area contributed by atoms with Crippen LogP contribution in [0.3, 0.4) is 0 Å². The van der Waals surface area contributed by atoms with E-state index >= 15 is 0 Å². The quantitative estimate of drug-likeness (QED) is 0.751. The van der Waals surface area contributed by atoms with Gasteiger partial charge in [-0.2, -0.15) is 0 Å². The van der Waals surface area contributed by atoms with Crippen LogP contribution in [0.5, 0.6) is 0 Å². The fourth-order valence-corrected chi connectivity index (χ4v) is 3.21. The third-order valence-electron chi connectivity index (χ3n) is 4.46. The lowest BCUT2D eigenvalue weighted by Gasteiger charge is -2.21. The molecule has 0 bridgehead atoms. The highest BCUT2D eigenvalue weighted by molar-refractivity contribution is 6.30. The van der Waals surface area contributed by atoms with Crippen molar-refractivity contribution in [2.24, 2.45) is 5.92 Å². The van der Waals surface area contributed by atoms with Crippen LogP contribution in [-0.2, 0) is 11.2 Å². The van der Waals surface area contributed by atoms with Gasteiger partial charge in [0.25, 0.3) is 0 Å². The number of carbonyl (C=O) groups excluding carboxylic acids is 1. The first-order chi connectivity index (χ1) is 11.6. The molecule has 24 heavy (non-hydrogen) atoms. The summed E-state index contributed by atoms with van der Waals surface area (Å²) in [7, 11) is 0. The average Bonchev–Trinajstić information content (AvgIpc) is 3.20. The molecule has 3 rings (SSSR count). The van der Waals surface area contributed by atoms with Crippen molar-refractivity contribution < 1.29 is 9.21 Å². The molecule has 2 aromatic rings. The van der Waals surface area contributed by atoms with Gasteiger partial charge in [0.05, 0.1) is 12.3 Å². The molecule has 0 spiro atoms. The summed E-state index contributed by atoms with van der Waals surface area (Å²) in [4.78, 5) is 12.3. The zero-order chi connectivity index (χ0) is 16.9. The van der Waals surface area contributed by atoms with E-state index in [4.69, 9.17) is 16.0 Å². The highest BCUT2D eigenvalue weighted by Gasteiger charge is 2.35. The van der Waals surface area contributed by atoms with Crippen molar-refractivity contribution in [3.63, 3.8) is 0 Å². The van der Waals surface area contributed by atoms with Gasteiger partial charge in [0.1, 0.15) is 5.76 Å². The number of nitrogens with one attached hydrogen (secondary N) is 3. The first-order valence-electron chi connectivity index (χ1n) is 8.19. The van der Waals surface area contributed by atoms with Crippen LogP contribution in [0.15, 0.2) is 47.1 Å². The Labute approximate surface area is 146 Å². The Kier molecular flexibility index (Phi) is 5.56. The summed E-state index contributed by atoms with van der Waals surface area (Å²) in [6.45, 7) is 2.67. The molecule has 128 valence electrons. The summed E-state index contributed by atoms with van der Waals surface area (Å²) in [5.41, 5.74) is 7.66. The van der Waals surface area contributed by atoms with Gasteiger partial charge in [-0.15, -0.1) is 0 Å². The Morgan fingerprint density at radius 2 is 2.04 bits per heavy atom. The van der Waals surface area contributed by atoms with Crippen molar-refractivity contribution in [2.45, 2.75) is 31.8 Å². The van der Waals surface area contributed by atoms with Crippen molar-refractivity contribution >= 4 is 17.5 Å². The predicted molar refractivity (Wildman–Crippen MR) is 93.5 cm³/mol. The van der Waals surface area contributed by atoms with Gasteiger partial charge in [-0.05, 0) is 36.8 Å². The Morgan fingerprint density at radius 3 is 2.75 bits per heavy atom. The van der Waals surface area contributed by atoms with Crippen molar-refractivity contribution in [2.75, 3.05) is 6.54 Å². The summed E-state index contributed by atoms with van der Waals surface area (Å²) < 4.78 is 5.27. The first-order valence-corrected chi connectivity index (χ1v) is 8.57. The lowest BCUT2D eigenvalue weighted by Crippen LogP contribution is -2.32. The van der Waals surface area contributed by atoms with Crippen LogP contribution in [0.1, 0.15) is 30.7 Å². The molecular formula is C18H22ClN3O2. The molecule has 1 aliphatic heterocycles. The number of carbonyl (C=O) groups is 1. The molecule has 0 saturated carbocycles. The van der Waals surface area contributed by atoms with E-state index in [1.807, 2.05) is 36.4 Å². The van der Waals surface area contributed by atoms with Crippen LogP contribution in [0.2, 0.25) is 5.02 Å². The van der Waals surface area contributed by atoms with Crippen LogP contribution in [0.25, 0.3) is 0 Å². The molecule has 2 heterocycles. The highest BCUT2D eigenvalue weighted by atomic mass is 35.5. The maximum atomic E-state index is 12.3. The number of hydrazine groups is 1. The molecule has 3 N–H and O–H groups in total. The summed E-state index contributed by atoms with van der Waals surface area (Å²) in [5, 5.41) is 3.69. The lowest BCUT2D eigenvalue weighted by molar-refractivity contribution is -0.122. The Morgan fingerprint density at radius 1 is 1.25 bits per heavy atom. The zero-order valence-electron chi connectivity index (χ0n) is 13.6. The van der Waals surface area contributed by atoms with Gasteiger partial charge in [-0.1, -0.05) is 23.7 Å². The summed E-state index contributed by atoms with van der Waals surface area (Å²) in [5.74, 6) is 1.12. The van der Waals surface area contributed by atoms with Gasteiger partial charge in [-0.3, -0.25) is 10.2 Å². The van der Waals surface area contributed by atoms with E-state index in [1.54, 1.807) is 6.26 Å². The van der Waals surface area contributed by atoms with Crippen molar-refractivity contribution in [1.29, 1.82) is 0 Å². The van der Waals surface area contributed by atoms with E-state index in [0.717, 1.165) is 11.3 Å². The molecule has 1 aliphatic rings. The van der Waals surface area contributed by atoms with E-state index in [1.165, 1.54) is 0 Å². The number of benzene rings is 1. The Balaban J connectivity index is 1.55. The third-order valence-corrected chi connectivity index (χ3v) is 4.71. The van der Waals surface area contributed by atoms with E-state index in [2.05, 4.69) is 23.1 Å². The predicted octanol–water partition coefficient (Wildman–Crippen LogP) is 2.84. The van der Waals surface area contributed by atoms with Crippen LogP contribution in [0.4, 0.5) is 0 Å². The fourth-order valence-electron chi connectivity index (χ4n) is 3.09. The highest BCUT2D eigenvalue weighted by Crippen LogP contribution is 2.31.